The van der Waals surface area contributed by atoms with Crippen LogP contribution in [0.15, 0.2) is 65.4 Å². The fourth-order valence-corrected chi connectivity index (χ4v) is 4.83. The number of carbonyl (C=O) groups excluding carboxylic acids is 1. The number of carbonyl (C=O) groups is 1. The smallest absolute Gasteiger partial charge is 0.241 e. The number of likely N-dealkylation sites (tertiary alicyclic amines) is 1. The van der Waals surface area contributed by atoms with E-state index in [1.807, 2.05) is 49.6 Å². The molecule has 1 fully saturated rings. The van der Waals surface area contributed by atoms with Gasteiger partial charge in [0.1, 0.15) is 5.82 Å². The molecule has 186 valence electrons. The maximum Gasteiger partial charge on any atom is 0.241 e. The number of aromatic nitrogens is 4. The van der Waals surface area contributed by atoms with Crippen LogP contribution < -0.4 is 5.32 Å². The van der Waals surface area contributed by atoms with Gasteiger partial charge in [-0.3, -0.25) is 9.69 Å². The molecule has 8 nitrogen and oxygen atoms in total. The predicted octanol–water partition coefficient (Wildman–Crippen LogP) is 4.47. The summed E-state index contributed by atoms with van der Waals surface area (Å²) in [5.41, 5.74) is 3.01. The summed E-state index contributed by atoms with van der Waals surface area (Å²) in [4.78, 5) is 24.0. The van der Waals surface area contributed by atoms with Crippen LogP contribution >= 0.6 is 11.6 Å². The Morgan fingerprint density at radius 2 is 2.03 bits per heavy atom. The first-order chi connectivity index (χ1) is 17.5. The number of hydrogen-bond donors (Lipinski definition) is 1. The van der Waals surface area contributed by atoms with Crippen molar-refractivity contribution in [3.8, 4) is 11.4 Å². The highest BCUT2D eigenvalue weighted by atomic mass is 35.5. The number of rotatable bonds is 8. The van der Waals surface area contributed by atoms with Gasteiger partial charge in [-0.15, -0.1) is 0 Å². The number of hydrogen-bond acceptors (Lipinski definition) is 6. The average molecular weight is 505 g/mol. The minimum atomic E-state index is -0.0681. The largest absolute Gasteiger partial charge is 0.352 e. The Balaban J connectivity index is 1.14. The second-order valence-corrected chi connectivity index (χ2v) is 9.61. The molecule has 1 atom stereocenters. The third kappa shape index (κ3) is 5.83. The van der Waals surface area contributed by atoms with E-state index in [1.54, 1.807) is 6.07 Å². The van der Waals surface area contributed by atoms with Crippen molar-refractivity contribution in [3.63, 3.8) is 0 Å². The fraction of sp³-hybridized carbons (Fsp3) is 0.333. The number of aryl methyl sites for hydroxylation is 1. The van der Waals surface area contributed by atoms with Gasteiger partial charge in [-0.25, -0.2) is 4.98 Å². The molecule has 0 aliphatic carbocycles. The summed E-state index contributed by atoms with van der Waals surface area (Å²) in [6.07, 6.45) is 5.61. The molecule has 0 radical (unpaired) electrons. The van der Waals surface area contributed by atoms with E-state index in [0.717, 1.165) is 42.9 Å². The standard InChI is InChI=1S/C27H29ClN6O2/c1-19-29-11-13-34(19)16-21-7-4-6-20(14-21)15-30-27(35)22-8-5-12-33(17-22)18-25-31-26(32-36-25)23-9-2-3-10-24(23)28/h2-4,6-7,9-11,13-14,22H,5,8,12,15-18H2,1H3,(H,30,35). The van der Waals surface area contributed by atoms with Gasteiger partial charge in [-0.05, 0) is 49.6 Å². The lowest BCUT2D eigenvalue weighted by Gasteiger charge is -2.30. The molecule has 0 spiro atoms. The molecule has 1 N–H and O–H groups in total. The van der Waals surface area contributed by atoms with Crippen LogP contribution in [0, 0.1) is 12.8 Å². The molecule has 9 heteroatoms. The van der Waals surface area contributed by atoms with E-state index >= 15 is 0 Å². The number of nitrogens with zero attached hydrogens (tertiary/aromatic N) is 5. The van der Waals surface area contributed by atoms with Crippen LogP contribution in [-0.2, 0) is 24.4 Å². The molecule has 1 aliphatic heterocycles. The van der Waals surface area contributed by atoms with Crippen molar-refractivity contribution in [3.05, 3.63) is 88.8 Å². The summed E-state index contributed by atoms with van der Waals surface area (Å²) >= 11 is 6.25. The van der Waals surface area contributed by atoms with E-state index in [0.29, 0.717) is 36.4 Å². The molecule has 0 bridgehead atoms. The normalized spacial score (nSPS) is 16.2. The zero-order valence-electron chi connectivity index (χ0n) is 20.2. The van der Waals surface area contributed by atoms with Gasteiger partial charge in [0.05, 0.1) is 17.5 Å². The molecule has 4 aromatic rings. The van der Waals surface area contributed by atoms with Crippen LogP contribution in [-0.4, -0.2) is 43.6 Å². The maximum absolute atomic E-state index is 13.0. The summed E-state index contributed by atoms with van der Waals surface area (Å²) < 4.78 is 7.57. The topological polar surface area (TPSA) is 89.1 Å². The summed E-state index contributed by atoms with van der Waals surface area (Å²) in [6, 6.07) is 15.7. The van der Waals surface area contributed by atoms with Crippen molar-refractivity contribution in [1.82, 2.24) is 29.9 Å². The number of imidazole rings is 1. The molecule has 1 aliphatic rings. The van der Waals surface area contributed by atoms with Gasteiger partial charge in [0.15, 0.2) is 0 Å². The average Bonchev–Trinajstić information content (AvgIpc) is 3.52. The molecule has 1 saturated heterocycles. The minimum Gasteiger partial charge on any atom is -0.352 e. The van der Waals surface area contributed by atoms with Crippen LogP contribution in [0.25, 0.3) is 11.4 Å². The monoisotopic (exact) mass is 504 g/mol. The number of halogens is 1. The van der Waals surface area contributed by atoms with Crippen molar-refractivity contribution < 1.29 is 9.32 Å². The lowest BCUT2D eigenvalue weighted by Crippen LogP contribution is -2.42. The number of piperidine rings is 1. The quantitative estimate of drug-likeness (QED) is 0.381. The molecule has 1 unspecified atom stereocenters. The van der Waals surface area contributed by atoms with Crippen molar-refractivity contribution in [2.75, 3.05) is 13.1 Å². The lowest BCUT2D eigenvalue weighted by atomic mass is 9.97. The Morgan fingerprint density at radius 1 is 1.17 bits per heavy atom. The van der Waals surface area contributed by atoms with Crippen LogP contribution in [0.3, 0.4) is 0 Å². The molecule has 2 aromatic heterocycles. The van der Waals surface area contributed by atoms with Crippen molar-refractivity contribution in [1.29, 1.82) is 0 Å². The fourth-order valence-electron chi connectivity index (χ4n) is 4.61. The summed E-state index contributed by atoms with van der Waals surface area (Å²) in [5.74, 6) is 2.00. The van der Waals surface area contributed by atoms with E-state index in [9.17, 15) is 4.79 Å². The van der Waals surface area contributed by atoms with E-state index in [2.05, 4.69) is 42.0 Å². The first-order valence-electron chi connectivity index (χ1n) is 12.2. The third-order valence-corrected chi connectivity index (χ3v) is 6.88. The second-order valence-electron chi connectivity index (χ2n) is 9.21. The Morgan fingerprint density at radius 3 is 2.86 bits per heavy atom. The van der Waals surface area contributed by atoms with E-state index < -0.39 is 0 Å². The predicted molar refractivity (Wildman–Crippen MR) is 137 cm³/mol. The van der Waals surface area contributed by atoms with Crippen LogP contribution in [0.2, 0.25) is 5.02 Å². The Hall–Kier alpha value is -3.49. The Kier molecular flexibility index (Phi) is 7.44. The van der Waals surface area contributed by atoms with Gasteiger partial charge in [-0.2, -0.15) is 4.98 Å². The van der Waals surface area contributed by atoms with Crippen molar-refractivity contribution in [2.24, 2.45) is 5.92 Å². The van der Waals surface area contributed by atoms with Gasteiger partial charge in [0, 0.05) is 37.6 Å². The van der Waals surface area contributed by atoms with Crippen LogP contribution in [0.5, 0.6) is 0 Å². The van der Waals surface area contributed by atoms with Crippen molar-refractivity contribution in [2.45, 2.75) is 39.4 Å². The summed E-state index contributed by atoms with van der Waals surface area (Å²) in [7, 11) is 0. The molecular weight excluding hydrogens is 476 g/mol. The van der Waals surface area contributed by atoms with Gasteiger partial charge < -0.3 is 14.4 Å². The molecule has 5 rings (SSSR count). The highest BCUT2D eigenvalue weighted by Crippen LogP contribution is 2.26. The van der Waals surface area contributed by atoms with E-state index in [4.69, 9.17) is 16.1 Å². The van der Waals surface area contributed by atoms with E-state index in [-0.39, 0.29) is 11.8 Å². The zero-order chi connectivity index (χ0) is 24.9. The van der Waals surface area contributed by atoms with Crippen LogP contribution in [0.1, 0.15) is 35.7 Å². The first-order valence-corrected chi connectivity index (χ1v) is 12.6. The van der Waals surface area contributed by atoms with Gasteiger partial charge in [-0.1, -0.05) is 53.2 Å². The van der Waals surface area contributed by atoms with Crippen molar-refractivity contribution >= 4 is 17.5 Å². The minimum absolute atomic E-state index is 0.0681. The third-order valence-electron chi connectivity index (χ3n) is 6.55. The van der Waals surface area contributed by atoms with E-state index in [1.165, 1.54) is 5.56 Å². The molecule has 3 heterocycles. The first kappa shape index (κ1) is 24.2. The van der Waals surface area contributed by atoms with Gasteiger partial charge >= 0.3 is 0 Å². The number of nitrogens with one attached hydrogen (secondary N) is 1. The Bertz CT molecular complexity index is 1330. The maximum atomic E-state index is 13.0. The number of benzene rings is 2. The SMILES string of the molecule is Cc1nccn1Cc1cccc(CNC(=O)C2CCCN(Cc3nc(-c4ccccc4Cl)no3)C2)c1. The summed E-state index contributed by atoms with van der Waals surface area (Å²) in [5, 5.41) is 7.80. The van der Waals surface area contributed by atoms with Gasteiger partial charge in [0.25, 0.3) is 0 Å². The zero-order valence-corrected chi connectivity index (χ0v) is 21.0. The molecule has 1 amide bonds. The molecule has 0 saturated carbocycles. The second kappa shape index (κ2) is 11.1. The van der Waals surface area contributed by atoms with Gasteiger partial charge in [0.2, 0.25) is 17.6 Å². The highest BCUT2D eigenvalue weighted by molar-refractivity contribution is 6.33. The molecule has 36 heavy (non-hydrogen) atoms. The lowest BCUT2D eigenvalue weighted by molar-refractivity contribution is -0.127. The molecular formula is C27H29ClN6O2. The molecule has 2 aromatic carbocycles. The number of amides is 1. The van der Waals surface area contributed by atoms with Crippen LogP contribution in [0.4, 0.5) is 0 Å². The Labute approximate surface area is 215 Å². The highest BCUT2D eigenvalue weighted by Gasteiger charge is 2.27. The summed E-state index contributed by atoms with van der Waals surface area (Å²) in [6.45, 7) is 5.33.